The normalized spacial score (nSPS) is 13.1. The average molecular weight is 488 g/mol. The van der Waals surface area contributed by atoms with E-state index >= 15 is 0 Å². The van der Waals surface area contributed by atoms with Crippen LogP contribution in [0.1, 0.15) is 29.7 Å². The van der Waals surface area contributed by atoms with Crippen molar-refractivity contribution in [1.29, 1.82) is 0 Å². The Morgan fingerprint density at radius 3 is 2.60 bits per heavy atom. The first-order valence-electron chi connectivity index (χ1n) is 11.3. The third-order valence-electron chi connectivity index (χ3n) is 5.82. The van der Waals surface area contributed by atoms with Crippen LogP contribution in [0, 0.1) is 13.8 Å². The summed E-state index contributed by atoms with van der Waals surface area (Å²) in [5.74, 6) is 1.34. The fourth-order valence-corrected chi connectivity index (χ4v) is 5.02. The minimum Gasteiger partial charge on any atom is -0.454 e. The highest BCUT2D eigenvalue weighted by Crippen LogP contribution is 2.34. The van der Waals surface area contributed by atoms with Gasteiger partial charge in [-0.25, -0.2) is 4.98 Å². The first-order valence-corrected chi connectivity index (χ1v) is 12.3. The molecule has 1 aliphatic heterocycles. The fourth-order valence-electron chi connectivity index (χ4n) is 4.20. The molecule has 2 heterocycles. The van der Waals surface area contributed by atoms with Crippen molar-refractivity contribution in [2.45, 2.75) is 32.0 Å². The lowest BCUT2D eigenvalue weighted by Crippen LogP contribution is -2.29. The number of amides is 1. The van der Waals surface area contributed by atoms with Gasteiger partial charge in [0, 0.05) is 0 Å². The van der Waals surface area contributed by atoms with Crippen LogP contribution in [-0.4, -0.2) is 28.0 Å². The zero-order valence-electron chi connectivity index (χ0n) is 19.7. The van der Waals surface area contributed by atoms with Gasteiger partial charge >= 0.3 is 0 Å². The van der Waals surface area contributed by atoms with Crippen molar-refractivity contribution in [3.8, 4) is 17.2 Å². The predicted octanol–water partition coefficient (Wildman–Crippen LogP) is 4.70. The maximum absolute atomic E-state index is 13.5. The van der Waals surface area contributed by atoms with Crippen molar-refractivity contribution in [2.75, 3.05) is 12.5 Å². The first-order chi connectivity index (χ1) is 16.9. The van der Waals surface area contributed by atoms with Crippen LogP contribution < -0.4 is 20.3 Å². The standard InChI is InChI=1S/C27H25N3O4S/c1-16-10-17(2)12-20(11-16)30-26(32)21-6-4-5-7-22(21)29-27(30)35-14-25(31)28-18(3)19-8-9-23-24(13-19)34-15-33-23/h4-13,18H,14-15H2,1-3H3,(H,28,31). The van der Waals surface area contributed by atoms with Gasteiger partial charge in [-0.15, -0.1) is 0 Å². The van der Waals surface area contributed by atoms with Crippen molar-refractivity contribution in [3.63, 3.8) is 0 Å². The minimum absolute atomic E-state index is 0.116. The van der Waals surface area contributed by atoms with Gasteiger partial charge in [-0.3, -0.25) is 14.2 Å². The number of para-hydroxylation sites is 1. The number of hydrogen-bond acceptors (Lipinski definition) is 6. The zero-order chi connectivity index (χ0) is 24.5. The Labute approximate surface area is 207 Å². The summed E-state index contributed by atoms with van der Waals surface area (Å²) < 4.78 is 12.4. The Balaban J connectivity index is 1.40. The maximum Gasteiger partial charge on any atom is 0.266 e. The van der Waals surface area contributed by atoms with Crippen molar-refractivity contribution in [2.24, 2.45) is 0 Å². The highest BCUT2D eigenvalue weighted by molar-refractivity contribution is 7.99. The van der Waals surface area contributed by atoms with Crippen molar-refractivity contribution < 1.29 is 14.3 Å². The molecule has 1 amide bonds. The fraction of sp³-hybridized carbons (Fsp3) is 0.222. The van der Waals surface area contributed by atoms with Crippen LogP contribution in [0.4, 0.5) is 0 Å². The zero-order valence-corrected chi connectivity index (χ0v) is 20.5. The average Bonchev–Trinajstić information content (AvgIpc) is 3.30. The highest BCUT2D eigenvalue weighted by atomic mass is 32.2. The van der Waals surface area contributed by atoms with Crippen LogP contribution in [0.3, 0.4) is 0 Å². The number of aromatic nitrogens is 2. The van der Waals surface area contributed by atoms with Crippen LogP contribution in [0.5, 0.6) is 11.5 Å². The highest BCUT2D eigenvalue weighted by Gasteiger charge is 2.19. The molecule has 4 aromatic rings. The number of benzene rings is 3. The molecule has 1 unspecified atom stereocenters. The molecule has 8 heteroatoms. The van der Waals surface area contributed by atoms with Crippen LogP contribution in [-0.2, 0) is 4.79 Å². The predicted molar refractivity (Wildman–Crippen MR) is 137 cm³/mol. The van der Waals surface area contributed by atoms with Gasteiger partial charge in [0.15, 0.2) is 16.7 Å². The van der Waals surface area contributed by atoms with E-state index in [0.717, 1.165) is 22.4 Å². The number of nitrogens with one attached hydrogen (secondary N) is 1. The van der Waals surface area contributed by atoms with Gasteiger partial charge in [0.05, 0.1) is 28.4 Å². The molecule has 0 aliphatic carbocycles. The first kappa shape index (κ1) is 23.0. The van der Waals surface area contributed by atoms with E-state index in [4.69, 9.17) is 14.5 Å². The molecular formula is C27H25N3O4S. The van der Waals surface area contributed by atoms with Crippen LogP contribution in [0.25, 0.3) is 16.6 Å². The van der Waals surface area contributed by atoms with Gasteiger partial charge in [-0.2, -0.15) is 0 Å². The van der Waals surface area contributed by atoms with Gasteiger partial charge in [0.1, 0.15) is 0 Å². The summed E-state index contributed by atoms with van der Waals surface area (Å²) in [6, 6.07) is 18.6. The van der Waals surface area contributed by atoms with E-state index in [1.54, 1.807) is 10.6 Å². The van der Waals surface area contributed by atoms with Gasteiger partial charge in [0.25, 0.3) is 5.56 Å². The SMILES string of the molecule is Cc1cc(C)cc(-n2c(SCC(=O)NC(C)c3ccc4c(c3)OCO4)nc3ccccc3c2=O)c1. The molecule has 7 nitrogen and oxygen atoms in total. The molecule has 1 atom stereocenters. The summed E-state index contributed by atoms with van der Waals surface area (Å²) in [5, 5.41) is 4.03. The van der Waals surface area contributed by atoms with Gasteiger partial charge in [-0.1, -0.05) is 36.0 Å². The molecule has 0 saturated carbocycles. The maximum atomic E-state index is 13.5. The molecule has 35 heavy (non-hydrogen) atoms. The second kappa shape index (κ2) is 9.46. The number of nitrogens with zero attached hydrogens (tertiary/aromatic N) is 2. The summed E-state index contributed by atoms with van der Waals surface area (Å²) in [6.07, 6.45) is 0. The van der Waals surface area contributed by atoms with E-state index in [1.165, 1.54) is 11.8 Å². The third-order valence-corrected chi connectivity index (χ3v) is 6.75. The van der Waals surface area contributed by atoms with E-state index in [1.807, 2.05) is 69.3 Å². The monoisotopic (exact) mass is 487 g/mol. The lowest BCUT2D eigenvalue weighted by molar-refractivity contribution is -0.119. The molecule has 3 aromatic carbocycles. The third kappa shape index (κ3) is 4.74. The number of ether oxygens (including phenoxy) is 2. The number of carbonyl (C=O) groups excluding carboxylic acids is 1. The van der Waals surface area contributed by atoms with Crippen molar-refractivity contribution in [1.82, 2.24) is 14.9 Å². The van der Waals surface area contributed by atoms with Gasteiger partial charge in [0.2, 0.25) is 12.7 Å². The van der Waals surface area contributed by atoms with E-state index in [-0.39, 0.29) is 30.1 Å². The molecule has 5 rings (SSSR count). The Kier molecular flexibility index (Phi) is 6.21. The Bertz CT molecular complexity index is 1480. The number of fused-ring (bicyclic) bond motifs is 2. The number of aryl methyl sites for hydroxylation is 2. The topological polar surface area (TPSA) is 82.5 Å². The molecule has 1 aliphatic rings. The molecule has 1 N–H and O–H groups in total. The molecule has 0 spiro atoms. The van der Waals surface area contributed by atoms with Crippen molar-refractivity contribution in [3.05, 3.63) is 87.7 Å². The Morgan fingerprint density at radius 1 is 1.06 bits per heavy atom. The molecule has 0 bridgehead atoms. The lowest BCUT2D eigenvalue weighted by atomic mass is 10.1. The van der Waals surface area contributed by atoms with Gasteiger partial charge in [-0.05, 0) is 73.9 Å². The number of rotatable bonds is 6. The molecule has 178 valence electrons. The largest absolute Gasteiger partial charge is 0.454 e. The summed E-state index contributed by atoms with van der Waals surface area (Å²) >= 11 is 1.24. The molecule has 0 fully saturated rings. The molecule has 1 aromatic heterocycles. The Hall–Kier alpha value is -3.78. The van der Waals surface area contributed by atoms with E-state index in [0.29, 0.717) is 27.6 Å². The van der Waals surface area contributed by atoms with Crippen LogP contribution >= 0.6 is 11.8 Å². The van der Waals surface area contributed by atoms with Crippen LogP contribution in [0.2, 0.25) is 0 Å². The summed E-state index contributed by atoms with van der Waals surface area (Å²) in [6.45, 7) is 6.11. The van der Waals surface area contributed by atoms with Crippen molar-refractivity contribution >= 4 is 28.6 Å². The summed E-state index contributed by atoms with van der Waals surface area (Å²) in [5.41, 5.74) is 4.20. The van der Waals surface area contributed by atoms with E-state index in [2.05, 4.69) is 11.4 Å². The van der Waals surface area contributed by atoms with E-state index < -0.39 is 0 Å². The molecule has 0 saturated heterocycles. The second-order valence-corrected chi connectivity index (χ2v) is 9.53. The summed E-state index contributed by atoms with van der Waals surface area (Å²) in [4.78, 5) is 31.0. The number of hydrogen-bond donors (Lipinski definition) is 1. The van der Waals surface area contributed by atoms with Gasteiger partial charge < -0.3 is 14.8 Å². The molecular weight excluding hydrogens is 462 g/mol. The number of carbonyl (C=O) groups is 1. The lowest BCUT2D eigenvalue weighted by Gasteiger charge is -2.16. The van der Waals surface area contributed by atoms with E-state index in [9.17, 15) is 9.59 Å². The second-order valence-electron chi connectivity index (χ2n) is 8.59. The summed E-state index contributed by atoms with van der Waals surface area (Å²) in [7, 11) is 0. The Morgan fingerprint density at radius 2 is 1.80 bits per heavy atom. The molecule has 0 radical (unpaired) electrons. The smallest absolute Gasteiger partial charge is 0.266 e. The minimum atomic E-state index is -0.219. The number of thioether (sulfide) groups is 1. The van der Waals surface area contributed by atoms with Crippen LogP contribution in [0.15, 0.2) is 70.6 Å². The quantitative estimate of drug-likeness (QED) is 0.314.